The van der Waals surface area contributed by atoms with Crippen molar-refractivity contribution >= 4 is 46.5 Å². The molecular weight excluding hydrogens is 450 g/mol. The highest BCUT2D eigenvalue weighted by molar-refractivity contribution is 7.18. The molecule has 0 saturated carbocycles. The molecule has 5 N–H and O–H groups in total. The summed E-state index contributed by atoms with van der Waals surface area (Å²) in [6, 6.07) is 7.83. The molecule has 0 bridgehead atoms. The van der Waals surface area contributed by atoms with Gasteiger partial charge in [0.05, 0.1) is 9.21 Å². The van der Waals surface area contributed by atoms with Crippen molar-refractivity contribution in [2.24, 2.45) is 5.73 Å². The number of amides is 4. The van der Waals surface area contributed by atoms with E-state index in [1.807, 2.05) is 12.1 Å². The lowest BCUT2D eigenvalue weighted by atomic mass is 10.0. The lowest BCUT2D eigenvalue weighted by molar-refractivity contribution is -0.118. The lowest BCUT2D eigenvalue weighted by Gasteiger charge is -2.19. The topological polar surface area (TPSA) is 117 Å². The predicted octanol–water partition coefficient (Wildman–Crippen LogP) is 2.62. The van der Waals surface area contributed by atoms with E-state index in [-0.39, 0.29) is 11.8 Å². The van der Waals surface area contributed by atoms with Crippen LogP contribution in [0.1, 0.15) is 33.6 Å². The molecule has 172 valence electrons. The van der Waals surface area contributed by atoms with Crippen molar-refractivity contribution in [2.45, 2.75) is 31.7 Å². The Balaban J connectivity index is 1.68. The first-order valence-electron chi connectivity index (χ1n) is 10.5. The minimum atomic E-state index is -0.775. The highest BCUT2D eigenvalue weighted by Gasteiger charge is 2.23. The summed E-state index contributed by atoms with van der Waals surface area (Å²) in [6.07, 6.45) is 2.72. The molecule has 0 spiro atoms. The van der Waals surface area contributed by atoms with Crippen molar-refractivity contribution in [2.75, 3.05) is 32.0 Å². The van der Waals surface area contributed by atoms with Gasteiger partial charge in [0.2, 0.25) is 5.91 Å². The molecule has 0 saturated heterocycles. The maximum absolute atomic E-state index is 13.0. The number of carbonyl (C=O) groups excluding carboxylic acids is 3. The molecule has 2 aromatic rings. The van der Waals surface area contributed by atoms with Crippen LogP contribution in [-0.4, -0.2) is 55.5 Å². The minimum Gasteiger partial charge on any atom is -0.352 e. The number of thiophene rings is 1. The lowest BCUT2D eigenvalue weighted by Crippen LogP contribution is -2.44. The van der Waals surface area contributed by atoms with Crippen molar-refractivity contribution in [1.82, 2.24) is 15.5 Å². The quantitative estimate of drug-likeness (QED) is 0.437. The molecule has 4 amide bonds. The van der Waals surface area contributed by atoms with Crippen LogP contribution in [0.25, 0.3) is 0 Å². The second-order valence-electron chi connectivity index (χ2n) is 7.84. The van der Waals surface area contributed by atoms with E-state index in [0.29, 0.717) is 34.3 Å². The Kier molecular flexibility index (Phi) is 8.49. The van der Waals surface area contributed by atoms with Crippen LogP contribution in [0.4, 0.5) is 10.5 Å². The Morgan fingerprint density at radius 3 is 2.59 bits per heavy atom. The van der Waals surface area contributed by atoms with E-state index in [1.54, 1.807) is 12.1 Å². The van der Waals surface area contributed by atoms with Crippen LogP contribution in [0.5, 0.6) is 0 Å². The van der Waals surface area contributed by atoms with Gasteiger partial charge in [-0.1, -0.05) is 17.7 Å². The molecule has 32 heavy (non-hydrogen) atoms. The number of likely N-dealkylation sites (N-methyl/N-ethyl adjacent to an activating group) is 1. The third-order valence-electron chi connectivity index (χ3n) is 5.39. The fraction of sp³-hybridized carbons (Fsp3) is 0.409. The second-order valence-corrected chi connectivity index (χ2v) is 9.55. The Bertz CT molecular complexity index is 980. The van der Waals surface area contributed by atoms with Crippen molar-refractivity contribution in [1.29, 1.82) is 0 Å². The molecule has 3 rings (SSSR count). The van der Waals surface area contributed by atoms with Crippen LogP contribution in [-0.2, 0) is 17.6 Å². The fourth-order valence-electron chi connectivity index (χ4n) is 3.60. The van der Waals surface area contributed by atoms with Crippen LogP contribution in [0, 0.1) is 0 Å². The third-order valence-corrected chi connectivity index (χ3v) is 6.62. The first-order valence-corrected chi connectivity index (χ1v) is 11.7. The van der Waals surface area contributed by atoms with Crippen molar-refractivity contribution in [3.8, 4) is 0 Å². The summed E-state index contributed by atoms with van der Waals surface area (Å²) in [4.78, 5) is 39.2. The average Bonchev–Trinajstić information content (AvgIpc) is 3.10. The normalized spacial score (nSPS) is 14.7. The highest BCUT2D eigenvalue weighted by atomic mass is 35.5. The van der Waals surface area contributed by atoms with Crippen LogP contribution >= 0.6 is 22.9 Å². The number of nitrogens with one attached hydrogen (secondary N) is 3. The molecule has 8 nitrogen and oxygen atoms in total. The number of primary amides is 1. The zero-order valence-electron chi connectivity index (χ0n) is 17.9. The van der Waals surface area contributed by atoms with Gasteiger partial charge in [-0.3, -0.25) is 9.59 Å². The maximum Gasteiger partial charge on any atom is 0.312 e. The average molecular weight is 478 g/mol. The fourth-order valence-corrected chi connectivity index (χ4v) is 4.54. The molecule has 2 heterocycles. The molecule has 10 heteroatoms. The van der Waals surface area contributed by atoms with Gasteiger partial charge in [-0.2, -0.15) is 0 Å². The highest BCUT2D eigenvalue weighted by Crippen LogP contribution is 2.22. The number of rotatable bonds is 8. The van der Waals surface area contributed by atoms with E-state index in [1.165, 1.54) is 11.1 Å². The van der Waals surface area contributed by atoms with E-state index in [4.69, 9.17) is 17.3 Å². The molecule has 1 aliphatic rings. The van der Waals surface area contributed by atoms with Gasteiger partial charge < -0.3 is 26.6 Å². The van der Waals surface area contributed by atoms with Crippen molar-refractivity contribution in [3.05, 3.63) is 50.7 Å². The van der Waals surface area contributed by atoms with Gasteiger partial charge in [0.1, 0.15) is 6.04 Å². The van der Waals surface area contributed by atoms with E-state index < -0.39 is 12.1 Å². The van der Waals surface area contributed by atoms with E-state index in [9.17, 15) is 14.4 Å². The number of urea groups is 1. The van der Waals surface area contributed by atoms with Crippen molar-refractivity contribution < 1.29 is 14.4 Å². The second kappa shape index (κ2) is 11.3. The number of nitrogens with zero attached hydrogens (tertiary/aromatic N) is 1. The van der Waals surface area contributed by atoms with Crippen molar-refractivity contribution in [3.63, 3.8) is 0 Å². The van der Waals surface area contributed by atoms with E-state index >= 15 is 0 Å². The number of anilines is 1. The van der Waals surface area contributed by atoms with E-state index in [2.05, 4.69) is 34.0 Å². The zero-order chi connectivity index (χ0) is 23.1. The Morgan fingerprint density at radius 2 is 1.91 bits per heavy atom. The van der Waals surface area contributed by atoms with Crippen LogP contribution in [0.3, 0.4) is 0 Å². The number of hydrogen-bond acceptors (Lipinski definition) is 5. The largest absolute Gasteiger partial charge is 0.352 e. The van der Waals surface area contributed by atoms with Crippen LogP contribution in [0.2, 0.25) is 4.34 Å². The van der Waals surface area contributed by atoms with Gasteiger partial charge >= 0.3 is 6.03 Å². The number of nitrogens with two attached hydrogens (primary N) is 1. The Morgan fingerprint density at radius 1 is 1.16 bits per heavy atom. The summed E-state index contributed by atoms with van der Waals surface area (Å²) < 4.78 is 0.498. The van der Waals surface area contributed by atoms with Gasteiger partial charge in [0, 0.05) is 25.3 Å². The van der Waals surface area contributed by atoms with Gasteiger partial charge in [0.25, 0.3) is 5.91 Å². The molecule has 1 aromatic carbocycles. The number of benzene rings is 1. The van der Waals surface area contributed by atoms with Gasteiger partial charge in [-0.05, 0) is 68.1 Å². The molecule has 0 radical (unpaired) electrons. The summed E-state index contributed by atoms with van der Waals surface area (Å²) in [7, 11) is 2.11. The summed E-state index contributed by atoms with van der Waals surface area (Å²) in [6.45, 7) is 2.30. The number of carbonyl (C=O) groups is 3. The number of halogens is 1. The summed E-state index contributed by atoms with van der Waals surface area (Å²) >= 11 is 7.07. The predicted molar refractivity (Wildman–Crippen MR) is 127 cm³/mol. The number of fused-ring (bicyclic) bond motifs is 1. The molecule has 1 aromatic heterocycles. The Labute approximate surface area is 196 Å². The molecule has 1 unspecified atom stereocenters. The zero-order valence-corrected chi connectivity index (χ0v) is 19.5. The van der Waals surface area contributed by atoms with E-state index in [0.717, 1.165) is 37.3 Å². The first kappa shape index (κ1) is 24.0. The molecular formula is C22H28ClN5O3S. The minimum absolute atomic E-state index is 0.312. The molecule has 0 fully saturated rings. The monoisotopic (exact) mass is 477 g/mol. The first-order chi connectivity index (χ1) is 15.3. The molecule has 0 aliphatic carbocycles. The smallest absolute Gasteiger partial charge is 0.312 e. The van der Waals surface area contributed by atoms with Gasteiger partial charge in [-0.25, -0.2) is 4.79 Å². The molecule has 1 atom stereocenters. The summed E-state index contributed by atoms with van der Waals surface area (Å²) in [5.74, 6) is -0.680. The SMILES string of the molecule is CN1CCc2ccc(NC(=O)C(CCCNC(N)=O)NC(=O)c3ccc(Cl)s3)cc2CC1. The summed E-state index contributed by atoms with van der Waals surface area (Å²) in [5, 5.41) is 8.21. The van der Waals surface area contributed by atoms with Gasteiger partial charge in [0.15, 0.2) is 0 Å². The standard InChI is InChI=1S/C22H28ClN5O3S/c1-28-11-8-14-4-5-16(13-15(14)9-12-28)26-20(29)17(3-2-10-25-22(24)31)27-21(30)18-6-7-19(23)32-18/h4-7,13,17H,2-3,8-12H2,1H3,(H,26,29)(H,27,30)(H3,24,25,31). The van der Waals surface area contributed by atoms with Gasteiger partial charge in [-0.15, -0.1) is 11.3 Å². The molecule has 1 aliphatic heterocycles. The third kappa shape index (κ3) is 6.94. The maximum atomic E-state index is 13.0. The summed E-state index contributed by atoms with van der Waals surface area (Å²) in [5.41, 5.74) is 8.32. The van der Waals surface area contributed by atoms with Crippen LogP contribution in [0.15, 0.2) is 30.3 Å². The van der Waals surface area contributed by atoms with Crippen LogP contribution < -0.4 is 21.7 Å². The number of hydrogen-bond donors (Lipinski definition) is 4. The Hall–Kier alpha value is -2.62.